The smallest absolute Gasteiger partial charge is 0.136 e. The lowest BCUT2D eigenvalue weighted by atomic mass is 10.5. The predicted octanol–water partition coefficient (Wildman–Crippen LogP) is 4.04. The zero-order valence-corrected chi connectivity index (χ0v) is 7.60. The van der Waals surface area contributed by atoms with Gasteiger partial charge in [0.15, 0.2) is 0 Å². The highest BCUT2D eigenvalue weighted by molar-refractivity contribution is 7.61. The van der Waals surface area contributed by atoms with Crippen molar-refractivity contribution in [2.75, 3.05) is 0 Å². The van der Waals surface area contributed by atoms with E-state index in [1.165, 1.54) is 0 Å². The van der Waals surface area contributed by atoms with Gasteiger partial charge >= 0.3 is 0 Å². The third-order valence-corrected chi connectivity index (χ3v) is 3.68. The SMILES string of the molecule is FP(C1=CC=CC1)C1=CC=CC1. The molecular formula is C10H10FP. The maximum atomic E-state index is 13.7. The van der Waals surface area contributed by atoms with Crippen LogP contribution in [0.15, 0.2) is 47.1 Å². The summed E-state index contributed by atoms with van der Waals surface area (Å²) in [5, 5.41) is 1.92. The molecule has 0 aromatic rings. The Bertz CT molecular complexity index is 267. The molecule has 62 valence electrons. The van der Waals surface area contributed by atoms with E-state index in [1.54, 1.807) is 0 Å². The first-order valence-corrected chi connectivity index (χ1v) is 5.28. The number of hydrogen-bond acceptors (Lipinski definition) is 0. The van der Waals surface area contributed by atoms with Crippen molar-refractivity contribution in [2.24, 2.45) is 0 Å². The number of hydrogen-bond donors (Lipinski definition) is 0. The van der Waals surface area contributed by atoms with E-state index >= 15 is 0 Å². The van der Waals surface area contributed by atoms with E-state index in [9.17, 15) is 4.20 Å². The fraction of sp³-hybridized carbons (Fsp3) is 0.200. The van der Waals surface area contributed by atoms with Gasteiger partial charge in [0.2, 0.25) is 0 Å². The van der Waals surface area contributed by atoms with Crippen LogP contribution in [0, 0.1) is 0 Å². The lowest BCUT2D eigenvalue weighted by molar-refractivity contribution is 0.899. The van der Waals surface area contributed by atoms with Gasteiger partial charge in [0.05, 0.1) is 0 Å². The van der Waals surface area contributed by atoms with Gasteiger partial charge in [-0.3, -0.25) is 0 Å². The van der Waals surface area contributed by atoms with Crippen molar-refractivity contribution in [2.45, 2.75) is 12.8 Å². The summed E-state index contributed by atoms with van der Waals surface area (Å²) in [6.45, 7) is 0. The van der Waals surface area contributed by atoms with Crippen molar-refractivity contribution in [1.82, 2.24) is 0 Å². The molecule has 0 aromatic carbocycles. The second-order valence-corrected chi connectivity index (χ2v) is 4.57. The van der Waals surface area contributed by atoms with E-state index in [4.69, 9.17) is 0 Å². The van der Waals surface area contributed by atoms with Crippen LogP contribution < -0.4 is 0 Å². The topological polar surface area (TPSA) is 0 Å². The third-order valence-electron chi connectivity index (χ3n) is 2.01. The van der Waals surface area contributed by atoms with Crippen LogP contribution in [0.25, 0.3) is 0 Å². The average molecular weight is 180 g/mol. The van der Waals surface area contributed by atoms with Gasteiger partial charge in [-0.2, -0.15) is 0 Å². The van der Waals surface area contributed by atoms with Crippen molar-refractivity contribution in [3.8, 4) is 0 Å². The Kier molecular flexibility index (Phi) is 2.23. The Labute approximate surface area is 73.0 Å². The number of rotatable bonds is 2. The van der Waals surface area contributed by atoms with Gasteiger partial charge in [-0.25, -0.2) is 4.20 Å². The van der Waals surface area contributed by atoms with Gasteiger partial charge in [0.1, 0.15) is 8.23 Å². The fourth-order valence-electron chi connectivity index (χ4n) is 1.35. The summed E-state index contributed by atoms with van der Waals surface area (Å²) in [4.78, 5) is 0. The van der Waals surface area contributed by atoms with Crippen LogP contribution in [0.5, 0.6) is 0 Å². The molecule has 0 heterocycles. The van der Waals surface area contributed by atoms with Crippen molar-refractivity contribution < 1.29 is 4.20 Å². The minimum atomic E-state index is -1.49. The Balaban J connectivity index is 2.05. The first kappa shape index (κ1) is 7.94. The summed E-state index contributed by atoms with van der Waals surface area (Å²) in [5.41, 5.74) is 0. The molecule has 12 heavy (non-hydrogen) atoms. The Morgan fingerprint density at radius 2 is 1.50 bits per heavy atom. The van der Waals surface area contributed by atoms with Gasteiger partial charge in [0.25, 0.3) is 0 Å². The van der Waals surface area contributed by atoms with Crippen LogP contribution in [0.3, 0.4) is 0 Å². The molecule has 0 saturated carbocycles. The van der Waals surface area contributed by atoms with Crippen molar-refractivity contribution in [3.63, 3.8) is 0 Å². The monoisotopic (exact) mass is 180 g/mol. The highest BCUT2D eigenvalue weighted by Crippen LogP contribution is 2.58. The first-order valence-electron chi connectivity index (χ1n) is 4.05. The molecule has 0 aromatic heterocycles. The van der Waals surface area contributed by atoms with Gasteiger partial charge in [-0.1, -0.05) is 36.5 Å². The van der Waals surface area contributed by atoms with Gasteiger partial charge in [-0.05, 0) is 23.5 Å². The highest BCUT2D eigenvalue weighted by atomic mass is 31.2. The van der Waals surface area contributed by atoms with Crippen molar-refractivity contribution in [1.29, 1.82) is 0 Å². The molecule has 0 aliphatic heterocycles. The molecule has 0 N–H and O–H groups in total. The Morgan fingerprint density at radius 1 is 1.00 bits per heavy atom. The molecule has 0 bridgehead atoms. The average Bonchev–Trinajstić information content (AvgIpc) is 2.77. The lowest BCUT2D eigenvalue weighted by Gasteiger charge is -2.08. The largest absolute Gasteiger partial charge is 0.217 e. The molecular weight excluding hydrogens is 170 g/mol. The maximum absolute atomic E-state index is 13.7. The van der Waals surface area contributed by atoms with Crippen LogP contribution in [0.2, 0.25) is 0 Å². The van der Waals surface area contributed by atoms with Crippen molar-refractivity contribution in [3.05, 3.63) is 47.1 Å². The van der Waals surface area contributed by atoms with Gasteiger partial charge in [-0.15, -0.1) is 0 Å². The molecule has 0 saturated heterocycles. The van der Waals surface area contributed by atoms with Crippen LogP contribution in [-0.2, 0) is 0 Å². The molecule has 2 heteroatoms. The fourth-order valence-corrected chi connectivity index (χ4v) is 2.68. The standard InChI is InChI=1S/C10H10FP/c11-12(9-5-1-2-6-9)10-7-3-4-8-10/h1-5,7H,6,8H2. The number of halogens is 1. The Morgan fingerprint density at radius 3 is 1.83 bits per heavy atom. The zero-order chi connectivity index (χ0) is 8.39. The summed E-state index contributed by atoms with van der Waals surface area (Å²) in [5.74, 6) is 0. The molecule has 0 radical (unpaired) electrons. The molecule has 0 unspecified atom stereocenters. The minimum Gasteiger partial charge on any atom is -0.217 e. The third kappa shape index (κ3) is 1.42. The van der Waals surface area contributed by atoms with E-state index in [-0.39, 0.29) is 0 Å². The van der Waals surface area contributed by atoms with Gasteiger partial charge < -0.3 is 0 Å². The minimum absolute atomic E-state index is 0.805. The van der Waals surface area contributed by atoms with Crippen LogP contribution in [-0.4, -0.2) is 0 Å². The molecule has 2 rings (SSSR count). The van der Waals surface area contributed by atoms with Gasteiger partial charge in [0, 0.05) is 0 Å². The summed E-state index contributed by atoms with van der Waals surface area (Å²) < 4.78 is 13.7. The summed E-state index contributed by atoms with van der Waals surface area (Å²) >= 11 is 0. The second-order valence-electron chi connectivity index (χ2n) is 2.86. The maximum Gasteiger partial charge on any atom is 0.136 e. The molecule has 0 nitrogen and oxygen atoms in total. The summed E-state index contributed by atoms with van der Waals surface area (Å²) in [6.07, 6.45) is 13.3. The summed E-state index contributed by atoms with van der Waals surface area (Å²) in [7, 11) is -1.49. The first-order chi connectivity index (χ1) is 5.88. The molecule has 0 amide bonds. The normalized spacial score (nSPS) is 20.5. The molecule has 0 spiro atoms. The van der Waals surface area contributed by atoms with E-state index in [2.05, 4.69) is 0 Å². The van der Waals surface area contributed by atoms with E-state index in [0.717, 1.165) is 23.5 Å². The van der Waals surface area contributed by atoms with Crippen LogP contribution in [0.4, 0.5) is 4.20 Å². The van der Waals surface area contributed by atoms with Crippen LogP contribution >= 0.6 is 8.23 Å². The molecule has 0 fully saturated rings. The van der Waals surface area contributed by atoms with E-state index in [1.807, 2.05) is 36.5 Å². The highest BCUT2D eigenvalue weighted by Gasteiger charge is 2.19. The van der Waals surface area contributed by atoms with Crippen molar-refractivity contribution >= 4 is 8.23 Å². The summed E-state index contributed by atoms with van der Waals surface area (Å²) in [6, 6.07) is 0. The molecule has 2 aliphatic rings. The molecule has 0 atom stereocenters. The second kappa shape index (κ2) is 3.37. The zero-order valence-electron chi connectivity index (χ0n) is 6.70. The quantitative estimate of drug-likeness (QED) is 0.562. The van der Waals surface area contributed by atoms with E-state index in [0.29, 0.717) is 0 Å². The lowest BCUT2D eigenvalue weighted by Crippen LogP contribution is -1.76. The predicted molar refractivity (Wildman–Crippen MR) is 51.7 cm³/mol. The number of allylic oxidation sites excluding steroid dienone is 8. The van der Waals surface area contributed by atoms with Crippen LogP contribution in [0.1, 0.15) is 12.8 Å². The van der Waals surface area contributed by atoms with E-state index < -0.39 is 8.23 Å². The molecule has 2 aliphatic carbocycles. The Hall–Kier alpha value is -0.680.